The van der Waals surface area contributed by atoms with Gasteiger partial charge in [-0.3, -0.25) is 10.2 Å². The molecule has 1 heterocycles. The van der Waals surface area contributed by atoms with Gasteiger partial charge < -0.3 is 14.6 Å². The van der Waals surface area contributed by atoms with E-state index in [9.17, 15) is 4.79 Å². The Labute approximate surface area is 270 Å². The van der Waals surface area contributed by atoms with Gasteiger partial charge in [0.05, 0.1) is 6.61 Å². The predicted octanol–water partition coefficient (Wildman–Crippen LogP) is 7.05. The third-order valence-electron chi connectivity index (χ3n) is 7.18. The molecule has 4 aromatic rings. The van der Waals surface area contributed by atoms with Crippen LogP contribution in [0.3, 0.4) is 0 Å². The average molecular weight is 675 g/mol. The van der Waals surface area contributed by atoms with E-state index >= 15 is 0 Å². The molecule has 0 aromatic heterocycles. The normalized spacial score (nSPS) is 17.7. The van der Waals surface area contributed by atoms with E-state index < -0.39 is 11.6 Å². The molecule has 0 unspecified atom stereocenters. The second kappa shape index (κ2) is 15.2. The van der Waals surface area contributed by atoms with Gasteiger partial charge in [-0.2, -0.15) is 0 Å². The number of hydrogen-bond donors (Lipinski definition) is 3. The Hall–Kier alpha value is -3.95. The van der Waals surface area contributed by atoms with Gasteiger partial charge in [-0.1, -0.05) is 100 Å². The van der Waals surface area contributed by atoms with E-state index in [2.05, 4.69) is 26.8 Å². The summed E-state index contributed by atoms with van der Waals surface area (Å²) in [5, 5.41) is 9.65. The van der Waals surface area contributed by atoms with E-state index in [1.165, 1.54) is 0 Å². The number of hydrazine groups is 1. The lowest BCUT2D eigenvalue weighted by molar-refractivity contribution is -0.129. The average Bonchev–Trinajstić information content (AvgIpc) is 3.44. The summed E-state index contributed by atoms with van der Waals surface area (Å²) in [6.07, 6.45) is 4.05. The topological polar surface area (TPSA) is 92.2 Å². The van der Waals surface area contributed by atoms with Gasteiger partial charge >= 0.3 is 0 Å². The van der Waals surface area contributed by atoms with Crippen molar-refractivity contribution < 1.29 is 19.4 Å². The van der Waals surface area contributed by atoms with Crippen molar-refractivity contribution in [2.24, 2.45) is 4.99 Å². The Morgan fingerprint density at radius 2 is 1.73 bits per heavy atom. The summed E-state index contributed by atoms with van der Waals surface area (Å²) in [5.41, 5.74) is 7.99. The summed E-state index contributed by atoms with van der Waals surface area (Å²) in [5.74, 6) is 0.687. The quantitative estimate of drug-likeness (QED) is 0.105. The number of aliphatic hydroxyl groups is 1. The highest BCUT2D eigenvalue weighted by atomic mass is 79.9. The molecule has 0 saturated heterocycles. The number of benzene rings is 4. The van der Waals surface area contributed by atoms with Gasteiger partial charge in [0.1, 0.15) is 5.75 Å². The van der Waals surface area contributed by atoms with Crippen LogP contribution < -0.4 is 15.6 Å². The molecule has 0 aliphatic carbocycles. The molecule has 3 N–H and O–H groups in total. The highest BCUT2D eigenvalue weighted by molar-refractivity contribution is 9.10. The summed E-state index contributed by atoms with van der Waals surface area (Å²) in [6, 6.07) is 32.5. The summed E-state index contributed by atoms with van der Waals surface area (Å²) in [4.78, 5) is 19.3. The van der Waals surface area contributed by atoms with Crippen molar-refractivity contribution in [3.8, 4) is 5.75 Å². The minimum atomic E-state index is -1.34. The van der Waals surface area contributed by atoms with E-state index in [0.29, 0.717) is 41.8 Å². The molecule has 2 atom stereocenters. The molecule has 0 spiro atoms. The van der Waals surface area contributed by atoms with Crippen molar-refractivity contribution >= 4 is 45.4 Å². The first-order valence-corrected chi connectivity index (χ1v) is 15.5. The first kappa shape index (κ1) is 31.5. The van der Waals surface area contributed by atoms with Crippen LogP contribution in [0.2, 0.25) is 5.02 Å². The molecule has 9 heteroatoms. The summed E-state index contributed by atoms with van der Waals surface area (Å²) < 4.78 is 13.2. The van der Waals surface area contributed by atoms with Gasteiger partial charge in [0.15, 0.2) is 11.6 Å². The van der Waals surface area contributed by atoms with Crippen LogP contribution in [0.25, 0.3) is 6.08 Å². The molecule has 1 aliphatic rings. The van der Waals surface area contributed by atoms with Crippen molar-refractivity contribution in [3.05, 3.63) is 141 Å². The molecular weight excluding hydrogens is 642 g/mol. The lowest BCUT2D eigenvalue weighted by Crippen LogP contribution is -2.52. The van der Waals surface area contributed by atoms with E-state index in [4.69, 9.17) is 31.2 Å². The van der Waals surface area contributed by atoms with E-state index in [1.807, 2.05) is 115 Å². The zero-order valence-electron chi connectivity index (χ0n) is 24.0. The lowest BCUT2D eigenvalue weighted by Gasteiger charge is -2.30. The number of nitrogens with zero attached hydrogens (tertiary/aromatic N) is 1. The van der Waals surface area contributed by atoms with E-state index in [1.54, 1.807) is 0 Å². The molecule has 7 nitrogen and oxygen atoms in total. The van der Waals surface area contributed by atoms with Crippen LogP contribution in [0.1, 0.15) is 41.2 Å². The number of hydrogen-bond acceptors (Lipinski definition) is 6. The molecule has 5 rings (SSSR count). The van der Waals surface area contributed by atoms with E-state index in [-0.39, 0.29) is 18.9 Å². The van der Waals surface area contributed by atoms with Gasteiger partial charge in [-0.25, -0.2) is 10.4 Å². The second-order valence-corrected chi connectivity index (χ2v) is 11.6. The van der Waals surface area contributed by atoms with Gasteiger partial charge in [0.25, 0.3) is 5.91 Å². The molecule has 1 amide bonds. The third-order valence-corrected chi connectivity index (χ3v) is 8.08. The molecule has 0 saturated carbocycles. The Kier molecular flexibility index (Phi) is 10.9. The molecule has 1 aliphatic heterocycles. The number of nitrogens with one attached hydrogen (secondary N) is 2. The zero-order valence-corrected chi connectivity index (χ0v) is 26.3. The Morgan fingerprint density at radius 1 is 1.00 bits per heavy atom. The van der Waals surface area contributed by atoms with E-state index in [0.717, 1.165) is 21.2 Å². The number of carbonyl (C=O) groups excluding carboxylic acids is 1. The fourth-order valence-electron chi connectivity index (χ4n) is 4.86. The fraction of sp³-hybridized carbons (Fsp3) is 0.200. The number of amides is 1. The Balaban J connectivity index is 1.49. The predicted molar refractivity (Wildman–Crippen MR) is 177 cm³/mol. The number of ether oxygens (including phenoxy) is 2. The minimum Gasteiger partial charge on any atom is -0.494 e. The zero-order chi connectivity index (χ0) is 30.8. The van der Waals surface area contributed by atoms with Crippen molar-refractivity contribution in [2.45, 2.75) is 31.0 Å². The largest absolute Gasteiger partial charge is 0.494 e. The van der Waals surface area contributed by atoms with Gasteiger partial charge in [0, 0.05) is 41.1 Å². The van der Waals surface area contributed by atoms with Crippen LogP contribution in [0.5, 0.6) is 5.75 Å². The first-order valence-electron chi connectivity index (χ1n) is 14.3. The monoisotopic (exact) mass is 673 g/mol. The highest BCUT2D eigenvalue weighted by Crippen LogP contribution is 2.43. The first-order chi connectivity index (χ1) is 21.5. The molecule has 4 aromatic carbocycles. The van der Waals surface area contributed by atoms with Crippen LogP contribution in [0.4, 0.5) is 0 Å². The Bertz CT molecular complexity index is 1600. The SMILES string of the molecule is O=C(NNCc1ccccc1Cl)[C@@]1(C/C=C/c2ccccc2)N=C(c2ccc(OCCCO)cc2)O[C@H]1c1ccc(Br)cc1. The van der Waals surface area contributed by atoms with Crippen LogP contribution in [0, 0.1) is 0 Å². The smallest absolute Gasteiger partial charge is 0.266 e. The number of halogens is 2. The van der Waals surface area contributed by atoms with Gasteiger partial charge in [-0.05, 0) is 59.2 Å². The molecule has 0 fully saturated rings. The summed E-state index contributed by atoms with van der Waals surface area (Å²) in [7, 11) is 0. The number of carbonyl (C=O) groups is 1. The lowest BCUT2D eigenvalue weighted by atomic mass is 9.84. The van der Waals surface area contributed by atoms with Crippen LogP contribution in [0.15, 0.2) is 119 Å². The van der Waals surface area contributed by atoms with Crippen molar-refractivity contribution in [1.82, 2.24) is 10.9 Å². The van der Waals surface area contributed by atoms with Crippen molar-refractivity contribution in [3.63, 3.8) is 0 Å². The maximum absolute atomic E-state index is 14.2. The maximum atomic E-state index is 14.2. The van der Waals surface area contributed by atoms with Crippen molar-refractivity contribution in [2.75, 3.05) is 13.2 Å². The van der Waals surface area contributed by atoms with Crippen LogP contribution in [-0.4, -0.2) is 35.7 Å². The maximum Gasteiger partial charge on any atom is 0.266 e. The number of rotatable bonds is 13. The highest BCUT2D eigenvalue weighted by Gasteiger charge is 2.52. The Morgan fingerprint density at radius 3 is 2.45 bits per heavy atom. The standard InChI is InChI=1S/C35H33BrClN3O4/c36-29-17-13-26(14-18-29)32-35(21-6-10-25-8-2-1-3-9-25,34(42)40-38-24-28-11-4-5-12-31(28)37)39-33(44-32)27-15-19-30(20-16-27)43-23-7-22-41/h1-6,8-20,32,38,41H,7,21-24H2,(H,40,42)/b10-6+/t32-,35-/m0/s1. The number of aliphatic imine (C=N–C) groups is 1. The van der Waals surface area contributed by atoms with Crippen LogP contribution in [-0.2, 0) is 16.1 Å². The summed E-state index contributed by atoms with van der Waals surface area (Å²) >= 11 is 9.86. The molecule has 0 radical (unpaired) electrons. The minimum absolute atomic E-state index is 0.0658. The third kappa shape index (κ3) is 7.76. The molecule has 0 bridgehead atoms. The summed E-state index contributed by atoms with van der Waals surface area (Å²) in [6.45, 7) is 0.812. The molecule has 226 valence electrons. The van der Waals surface area contributed by atoms with Crippen molar-refractivity contribution in [1.29, 1.82) is 0 Å². The van der Waals surface area contributed by atoms with Crippen LogP contribution >= 0.6 is 27.5 Å². The molecular formula is C35H33BrClN3O4. The number of aliphatic hydroxyl groups excluding tert-OH is 1. The fourth-order valence-corrected chi connectivity index (χ4v) is 5.33. The second-order valence-electron chi connectivity index (χ2n) is 10.3. The van der Waals surface area contributed by atoms with Gasteiger partial charge in [0.2, 0.25) is 5.90 Å². The molecule has 44 heavy (non-hydrogen) atoms. The van der Waals surface area contributed by atoms with Gasteiger partial charge in [-0.15, -0.1) is 0 Å².